The molecule has 350 valence electrons. The van der Waals surface area contributed by atoms with E-state index in [4.69, 9.17) is 23.7 Å². The van der Waals surface area contributed by atoms with Gasteiger partial charge in [0.1, 0.15) is 36.2 Å². The first-order valence-electron chi connectivity index (χ1n) is 21.7. The number of nitrogens with zero attached hydrogens (tertiary/aromatic N) is 4. The number of carboxylic acid groups (broad SMARTS) is 1. The number of ether oxygens (including phenoxy) is 5. The molecule has 66 heavy (non-hydrogen) atoms. The van der Waals surface area contributed by atoms with Gasteiger partial charge in [-0.2, -0.15) is 0 Å². The summed E-state index contributed by atoms with van der Waals surface area (Å²) in [6.07, 6.45) is 6.46. The minimum absolute atomic E-state index is 0. The topological polar surface area (TPSA) is 184 Å². The number of carbonyl (C=O) groups is 2. The molecule has 0 amide bonds. The Bertz CT molecular complexity index is 2630. The van der Waals surface area contributed by atoms with Crippen molar-refractivity contribution in [1.29, 1.82) is 0 Å². The third-order valence-corrected chi connectivity index (χ3v) is 12.8. The monoisotopic (exact) mass is 902 g/mol. The normalized spacial score (nSPS) is 17.8. The molecule has 0 aliphatic heterocycles. The molecule has 2 aromatic heterocycles. The molecule has 0 atom stereocenters. The molecule has 0 radical (unpaired) electrons. The van der Waals surface area contributed by atoms with Gasteiger partial charge in [-0.1, -0.05) is 31.7 Å². The summed E-state index contributed by atoms with van der Waals surface area (Å²) in [4.78, 5) is 48.8. The number of fused-ring (bicyclic) bond motifs is 2. The molecule has 16 heteroatoms. The van der Waals surface area contributed by atoms with Crippen LogP contribution in [0.2, 0.25) is 0 Å². The predicted octanol–water partition coefficient (Wildman–Crippen LogP) is 5.19. The van der Waals surface area contributed by atoms with Crippen LogP contribution in [-0.4, -0.2) is 62.1 Å². The number of esters is 1. The number of aromatic nitrogens is 4. The molecule has 6 aromatic rings. The fraction of sp³-hybridized carbons (Fsp3) is 0.440. The Morgan fingerprint density at radius 2 is 0.924 bits per heavy atom. The van der Waals surface area contributed by atoms with Crippen LogP contribution in [-0.2, 0) is 54.7 Å². The van der Waals surface area contributed by atoms with E-state index >= 15 is 0 Å². The van der Waals surface area contributed by atoms with Crippen LogP contribution in [0, 0.1) is 23.7 Å². The summed E-state index contributed by atoms with van der Waals surface area (Å²) in [5.74, 6) is 2.62. The summed E-state index contributed by atoms with van der Waals surface area (Å²) < 4.78 is 34.2. The molecule has 2 fully saturated rings. The van der Waals surface area contributed by atoms with Crippen molar-refractivity contribution in [3.05, 3.63) is 117 Å². The Hall–Kier alpha value is -5.88. The van der Waals surface area contributed by atoms with Crippen LogP contribution in [0.25, 0.3) is 22.1 Å². The van der Waals surface area contributed by atoms with Crippen molar-refractivity contribution in [3.63, 3.8) is 0 Å². The number of carbonyl (C=O) groups excluding carboxylic acids is 1. The van der Waals surface area contributed by atoms with Gasteiger partial charge in [-0.05, 0) is 123 Å². The second-order valence-electron chi connectivity index (χ2n) is 16.8. The van der Waals surface area contributed by atoms with Crippen molar-refractivity contribution < 1.29 is 62.7 Å². The minimum atomic E-state index is -0.709. The van der Waals surface area contributed by atoms with Crippen molar-refractivity contribution in [3.8, 4) is 23.0 Å². The van der Waals surface area contributed by atoms with Crippen LogP contribution in [0.15, 0.2) is 94.5 Å². The fourth-order valence-corrected chi connectivity index (χ4v) is 8.95. The van der Waals surface area contributed by atoms with Gasteiger partial charge in [-0.3, -0.25) is 27.9 Å². The van der Waals surface area contributed by atoms with Crippen molar-refractivity contribution in [2.24, 2.45) is 37.8 Å². The van der Waals surface area contributed by atoms with E-state index in [0.717, 1.165) is 89.0 Å². The number of hydrogen-bond acceptors (Lipinski definition) is 10. The maximum Gasteiger partial charge on any atom is 1.00 e. The van der Waals surface area contributed by atoms with Crippen LogP contribution >= 0.6 is 0 Å². The summed E-state index contributed by atoms with van der Waals surface area (Å²) in [6.45, 7) is 2.10. The van der Waals surface area contributed by atoms with Crippen molar-refractivity contribution >= 4 is 34.0 Å². The van der Waals surface area contributed by atoms with Crippen molar-refractivity contribution in [2.75, 3.05) is 21.3 Å². The quantitative estimate of drug-likeness (QED) is 0.112. The Morgan fingerprint density at radius 3 is 1.27 bits per heavy atom. The number of benzene rings is 4. The maximum absolute atomic E-state index is 12.9. The SMILES string of the molecule is C.COC(=O)C1CCC(Cn2c(=O)n(C)c3ccc(OCc4ccc(OC)cc4)cc32)CC1.COc1ccc(COc2ccc3c(c2)n(CC2CCC(C(=O)O)CC2)c(=O)n3C)cc1.[Li+].[OH-]. The molecule has 0 bridgehead atoms. The van der Waals surface area contributed by atoms with Gasteiger partial charge in [0.15, 0.2) is 0 Å². The first-order chi connectivity index (χ1) is 30.5. The second-order valence-corrected chi connectivity index (χ2v) is 16.8. The Kier molecular flexibility index (Phi) is 19.2. The summed E-state index contributed by atoms with van der Waals surface area (Å²) in [5, 5.41) is 9.21. The molecule has 2 heterocycles. The zero-order valence-corrected chi connectivity index (χ0v) is 38.2. The fourth-order valence-electron chi connectivity index (χ4n) is 8.95. The Labute approximate surface area is 397 Å². The number of carboxylic acids is 1. The average Bonchev–Trinajstić information content (AvgIpc) is 3.69. The van der Waals surface area contributed by atoms with Gasteiger partial charge >= 0.3 is 42.2 Å². The molecule has 2 aliphatic rings. The van der Waals surface area contributed by atoms with Crippen LogP contribution in [0.1, 0.15) is 69.9 Å². The first kappa shape index (κ1) is 52.7. The molecule has 2 aliphatic carbocycles. The number of aliphatic carboxylic acids is 1. The Morgan fingerprint density at radius 1 is 0.561 bits per heavy atom. The van der Waals surface area contributed by atoms with E-state index in [1.807, 2.05) is 89.5 Å². The minimum Gasteiger partial charge on any atom is -0.870 e. The molecule has 2 saturated carbocycles. The number of imidazole rings is 2. The maximum atomic E-state index is 12.9. The second kappa shape index (κ2) is 24.1. The number of hydrogen-bond donors (Lipinski definition) is 1. The molecule has 8 rings (SSSR count). The van der Waals surface area contributed by atoms with E-state index in [9.17, 15) is 24.3 Å². The first-order valence-corrected chi connectivity index (χ1v) is 21.7. The van der Waals surface area contributed by atoms with E-state index in [-0.39, 0.29) is 60.9 Å². The van der Waals surface area contributed by atoms with E-state index in [2.05, 4.69) is 0 Å². The zero-order chi connectivity index (χ0) is 44.6. The van der Waals surface area contributed by atoms with E-state index < -0.39 is 5.97 Å². The average molecular weight is 903 g/mol. The predicted molar refractivity (Wildman–Crippen MR) is 248 cm³/mol. The van der Waals surface area contributed by atoms with Crippen LogP contribution in [0.5, 0.6) is 23.0 Å². The molecule has 0 unspecified atom stereocenters. The number of rotatable bonds is 14. The smallest absolute Gasteiger partial charge is 0.870 e. The number of methoxy groups -OCH3 is 3. The van der Waals surface area contributed by atoms with Crippen molar-refractivity contribution in [1.82, 2.24) is 18.3 Å². The molecule has 4 aromatic carbocycles. The van der Waals surface area contributed by atoms with Gasteiger partial charge in [0.05, 0.1) is 55.2 Å². The molecular formula is C50H63LiN4O11. The summed E-state index contributed by atoms with van der Waals surface area (Å²) in [5.41, 5.74) is 5.46. The molecule has 2 N–H and O–H groups in total. The van der Waals surface area contributed by atoms with Gasteiger partial charge < -0.3 is 34.3 Å². The van der Waals surface area contributed by atoms with Gasteiger partial charge in [0, 0.05) is 39.3 Å². The largest absolute Gasteiger partial charge is 1.00 e. The van der Waals surface area contributed by atoms with Crippen molar-refractivity contribution in [2.45, 2.75) is 85.1 Å². The summed E-state index contributed by atoms with van der Waals surface area (Å²) >= 11 is 0. The van der Waals surface area contributed by atoms with Gasteiger partial charge in [-0.25, -0.2) is 9.59 Å². The standard InChI is InChI=1S/C25H30N2O5.C24H28N2O5.CH4.Li.H2O/c1-26-22-13-12-21(32-16-18-6-10-20(30-2)11-7-18)14-23(22)27(25(26)29)15-17-4-8-19(9-5-17)24(28)31-3;1-25-21-12-11-20(31-15-17-5-9-19(30-2)10-6-17)13-22(21)26(24(25)29)14-16-3-7-18(8-4-16)23(27)28;;;/h6-7,10-14,17,19H,4-5,8-9,15-16H2,1-3H3;5-6,9-13,16,18H,3-4,7-8,14-15H2,1-2H3,(H,27,28);1H4;;1H2/q;;;+1;/p-1. The zero-order valence-electron chi connectivity index (χ0n) is 38.2. The van der Waals surface area contributed by atoms with E-state index in [1.165, 1.54) is 7.11 Å². The third-order valence-electron chi connectivity index (χ3n) is 12.8. The van der Waals surface area contributed by atoms with E-state index in [1.54, 1.807) is 42.0 Å². The summed E-state index contributed by atoms with van der Waals surface area (Å²) in [7, 11) is 8.30. The molecule has 15 nitrogen and oxygen atoms in total. The van der Waals surface area contributed by atoms with Crippen LogP contribution in [0.4, 0.5) is 0 Å². The van der Waals surface area contributed by atoms with Gasteiger partial charge in [0.25, 0.3) is 0 Å². The van der Waals surface area contributed by atoms with Crippen LogP contribution < -0.4 is 49.2 Å². The Balaban J connectivity index is 0.000000276. The third kappa shape index (κ3) is 12.3. The molecule has 0 spiro atoms. The summed E-state index contributed by atoms with van der Waals surface area (Å²) in [6, 6.07) is 27.0. The van der Waals surface area contributed by atoms with Gasteiger partial charge in [0.2, 0.25) is 0 Å². The molecule has 0 saturated heterocycles. The van der Waals surface area contributed by atoms with Crippen LogP contribution in [0.3, 0.4) is 0 Å². The number of aryl methyl sites for hydroxylation is 2. The molecular weight excluding hydrogens is 840 g/mol. The van der Waals surface area contributed by atoms with Gasteiger partial charge in [-0.15, -0.1) is 0 Å². The van der Waals surface area contributed by atoms with E-state index in [0.29, 0.717) is 56.7 Å².